The molecular weight excluding hydrogens is 1040 g/mol. The van der Waals surface area contributed by atoms with Crippen LogP contribution in [0.2, 0.25) is 5.02 Å². The number of aliphatic hydroxyl groups excluding tert-OH is 3. The van der Waals surface area contributed by atoms with Crippen molar-refractivity contribution in [2.45, 2.75) is 173 Å². The third-order valence-electron chi connectivity index (χ3n) is 14.4. The van der Waals surface area contributed by atoms with E-state index in [4.69, 9.17) is 51.5 Å². The maximum atomic E-state index is 14.0. The molecule has 432 valence electrons. The summed E-state index contributed by atoms with van der Waals surface area (Å²) in [5.41, 5.74) is 10.5. The monoisotopic (exact) mass is 1110 g/mol. The molecule has 2 aromatic carbocycles. The summed E-state index contributed by atoms with van der Waals surface area (Å²) in [6.07, 6.45) is -6.47. The van der Waals surface area contributed by atoms with Gasteiger partial charge in [0.25, 0.3) is 5.91 Å². The molecule has 2 fully saturated rings. The predicted octanol–water partition coefficient (Wildman–Crippen LogP) is 2.08. The average molecular weight is 1120 g/mol. The van der Waals surface area contributed by atoms with Crippen LogP contribution in [0.25, 0.3) is 0 Å². The second-order valence-corrected chi connectivity index (χ2v) is 22.2. The maximum absolute atomic E-state index is 14.0. The van der Waals surface area contributed by atoms with Gasteiger partial charge in [0.05, 0.1) is 29.7 Å². The van der Waals surface area contributed by atoms with Gasteiger partial charge >= 0.3 is 11.9 Å². The molecule has 11 N–H and O–H groups in total. The molecular formula is C55H79ClN6O16. The molecule has 0 bridgehead atoms. The van der Waals surface area contributed by atoms with E-state index in [0.29, 0.717) is 21.9 Å². The number of carbonyl (C=O) groups is 7. The molecule has 0 spiro atoms. The van der Waals surface area contributed by atoms with Crippen molar-refractivity contribution in [1.82, 2.24) is 21.3 Å². The van der Waals surface area contributed by atoms with E-state index in [1.54, 1.807) is 64.1 Å². The highest BCUT2D eigenvalue weighted by Gasteiger charge is 2.57. The van der Waals surface area contributed by atoms with Crippen molar-refractivity contribution in [3.8, 4) is 5.75 Å². The molecule has 13 atom stereocenters. The fourth-order valence-corrected chi connectivity index (χ4v) is 9.51. The zero-order chi connectivity index (χ0) is 57.8. The minimum absolute atomic E-state index is 0.0594. The molecule has 2 aromatic rings. The van der Waals surface area contributed by atoms with Crippen LogP contribution in [0, 0.1) is 23.2 Å². The lowest BCUT2D eigenvalue weighted by Gasteiger charge is -2.46. The van der Waals surface area contributed by atoms with Crippen LogP contribution in [0.5, 0.6) is 5.75 Å². The maximum Gasteiger partial charge on any atom is 0.347 e. The number of halogens is 1. The van der Waals surface area contributed by atoms with Gasteiger partial charge in [0.15, 0.2) is 18.0 Å². The second kappa shape index (κ2) is 27.9. The van der Waals surface area contributed by atoms with Crippen LogP contribution in [0.3, 0.4) is 0 Å². The van der Waals surface area contributed by atoms with Gasteiger partial charge in [-0.25, -0.2) is 4.79 Å². The smallest absolute Gasteiger partial charge is 0.347 e. The van der Waals surface area contributed by atoms with Gasteiger partial charge in [-0.05, 0) is 86.3 Å². The highest BCUT2D eigenvalue weighted by molar-refractivity contribution is 6.32. The number of ether oxygens (including phenoxy) is 6. The Labute approximate surface area is 460 Å². The third-order valence-corrected chi connectivity index (χ3v) is 14.7. The number of hydrogen-bond acceptors (Lipinski definition) is 17. The molecule has 0 aliphatic carbocycles. The Morgan fingerprint density at radius 1 is 0.923 bits per heavy atom. The van der Waals surface area contributed by atoms with Gasteiger partial charge in [-0.2, -0.15) is 0 Å². The largest absolute Gasteiger partial charge is 0.495 e. The normalized spacial score (nSPS) is 28.5. The topological polar surface area (TPSA) is 339 Å². The fourth-order valence-electron chi connectivity index (χ4n) is 9.23. The van der Waals surface area contributed by atoms with Crippen LogP contribution in [0.1, 0.15) is 110 Å². The number of epoxide rings is 1. The van der Waals surface area contributed by atoms with Crippen molar-refractivity contribution >= 4 is 53.1 Å². The Bertz CT molecular complexity index is 2460. The first-order valence-electron chi connectivity index (χ1n) is 26.3. The summed E-state index contributed by atoms with van der Waals surface area (Å²) in [6.45, 7) is 12.2. The molecule has 0 aromatic heterocycles. The number of carbonyl (C=O) groups excluding carboxylic acids is 7. The molecule has 5 amide bonds. The molecule has 5 unspecified atom stereocenters. The predicted molar refractivity (Wildman–Crippen MR) is 284 cm³/mol. The second-order valence-electron chi connectivity index (χ2n) is 21.8. The van der Waals surface area contributed by atoms with E-state index in [2.05, 4.69) is 21.3 Å². The number of nitrogens with one attached hydrogen (secondary N) is 4. The van der Waals surface area contributed by atoms with Crippen molar-refractivity contribution < 1.29 is 77.3 Å². The van der Waals surface area contributed by atoms with Crippen LogP contribution < -0.4 is 37.5 Å². The molecule has 5 rings (SSSR count). The van der Waals surface area contributed by atoms with Gasteiger partial charge < -0.3 is 76.5 Å². The number of nitrogens with two attached hydrogens (primary N) is 2. The lowest BCUT2D eigenvalue weighted by atomic mass is 9.82. The van der Waals surface area contributed by atoms with E-state index in [1.165, 1.54) is 20.3 Å². The van der Waals surface area contributed by atoms with Crippen molar-refractivity contribution in [1.29, 1.82) is 0 Å². The van der Waals surface area contributed by atoms with Crippen LogP contribution >= 0.6 is 11.6 Å². The minimum atomic E-state index is -2.11. The number of cyclic esters (lactones) is 2. The zero-order valence-corrected chi connectivity index (χ0v) is 46.6. The first-order chi connectivity index (χ1) is 36.7. The van der Waals surface area contributed by atoms with E-state index in [9.17, 15) is 48.9 Å². The number of primary amides is 1. The first-order valence-corrected chi connectivity index (χ1v) is 26.7. The summed E-state index contributed by atoms with van der Waals surface area (Å²) in [5.74, 6) is -5.13. The molecule has 22 nitrogen and oxygen atoms in total. The minimum Gasteiger partial charge on any atom is -0.495 e. The Kier molecular flexibility index (Phi) is 22.6. The highest BCUT2D eigenvalue weighted by Crippen LogP contribution is 2.45. The van der Waals surface area contributed by atoms with E-state index < -0.39 is 126 Å². The summed E-state index contributed by atoms with van der Waals surface area (Å²) >= 11 is 6.38. The van der Waals surface area contributed by atoms with Crippen molar-refractivity contribution in [2.24, 2.45) is 34.6 Å². The van der Waals surface area contributed by atoms with E-state index >= 15 is 0 Å². The lowest BCUT2D eigenvalue weighted by Crippen LogP contribution is -2.69. The van der Waals surface area contributed by atoms with Crippen molar-refractivity contribution in [3.63, 3.8) is 0 Å². The van der Waals surface area contributed by atoms with E-state index in [1.807, 2.05) is 32.9 Å². The van der Waals surface area contributed by atoms with E-state index in [-0.39, 0.29) is 69.9 Å². The summed E-state index contributed by atoms with van der Waals surface area (Å²) in [5, 5.41) is 43.0. The fraction of sp³-hybridized carbons (Fsp3) is 0.618. The number of unbranched alkanes of at least 4 members (excludes halogenated alkanes) is 1. The third kappa shape index (κ3) is 16.4. The Hall–Kier alpha value is -5.72. The summed E-state index contributed by atoms with van der Waals surface area (Å²) in [7, 11) is 2.67. The lowest BCUT2D eigenvalue weighted by molar-refractivity contribution is -0.317. The van der Waals surface area contributed by atoms with Gasteiger partial charge in [0, 0.05) is 39.0 Å². The Balaban J connectivity index is 1.27. The zero-order valence-electron chi connectivity index (χ0n) is 45.8. The number of benzene rings is 2. The standard InChI is InChI=1S/C55H79ClN6O16/c1-28(2)23-39-50(70)75-37(14-12-15-40(63)61-36(25-32-18-21-38(73-8)34(56)24-32)48(68)60-27-54(6,7)53(72)76-39)30(5)44-45(77-44)33-19-16-31(17-20-33)26-59-47(67)35(62-49(69)41(57)29(3)4)13-10-11-22-55(52(58)71)46(66)42(64)43(65)51(74-9)78-55/h12,15-21,24,28-30,35-37,39,41-46,51,64-66H,10-11,13-14,22-23,25-27,57H2,1-9H3,(H2,58,71)(H,59,67)(H,60,68)(H,61,63)(H,62,69)/b15-12-/t30-,35-,36+,37-,39-,41-,42?,43?,44+,45+,46?,51?,55?/m0/s1. The number of amides is 5. The number of methoxy groups -OCH3 is 2. The van der Waals surface area contributed by atoms with Gasteiger partial charge in [0.2, 0.25) is 23.6 Å². The number of rotatable bonds is 21. The Morgan fingerprint density at radius 2 is 1.60 bits per heavy atom. The van der Waals surface area contributed by atoms with Crippen molar-refractivity contribution in [2.75, 3.05) is 20.8 Å². The van der Waals surface area contributed by atoms with Gasteiger partial charge in [-0.15, -0.1) is 0 Å². The quantitative estimate of drug-likeness (QED) is 0.0491. The van der Waals surface area contributed by atoms with E-state index in [0.717, 1.165) is 5.56 Å². The molecule has 0 radical (unpaired) electrons. The highest BCUT2D eigenvalue weighted by atomic mass is 35.5. The van der Waals surface area contributed by atoms with Crippen LogP contribution in [-0.4, -0.2) is 144 Å². The van der Waals surface area contributed by atoms with Crippen LogP contribution in [0.4, 0.5) is 0 Å². The molecule has 3 aliphatic heterocycles. The summed E-state index contributed by atoms with van der Waals surface area (Å²) < 4.78 is 34.1. The summed E-state index contributed by atoms with van der Waals surface area (Å²) in [6, 6.07) is 9.24. The summed E-state index contributed by atoms with van der Waals surface area (Å²) in [4.78, 5) is 94.3. The van der Waals surface area contributed by atoms with Gasteiger partial charge in [-0.3, -0.25) is 28.8 Å². The molecule has 23 heteroatoms. The van der Waals surface area contributed by atoms with Gasteiger partial charge in [-0.1, -0.05) is 89.0 Å². The Morgan fingerprint density at radius 3 is 2.22 bits per heavy atom. The van der Waals surface area contributed by atoms with Gasteiger partial charge in [0.1, 0.15) is 48.4 Å². The molecule has 3 aliphatic rings. The number of hydrogen-bond donors (Lipinski definition) is 9. The molecule has 2 saturated heterocycles. The number of esters is 2. The molecule has 78 heavy (non-hydrogen) atoms. The van der Waals surface area contributed by atoms with Crippen LogP contribution in [-0.2, 0) is 70.2 Å². The molecule has 0 saturated carbocycles. The van der Waals surface area contributed by atoms with Crippen LogP contribution in [0.15, 0.2) is 54.6 Å². The SMILES string of the molecule is COc1ccc(C[C@H]2NC(=O)/C=C\C[C@@H]([C@H](C)[C@H]3O[C@@H]3c3ccc(CNC(=O)[C@H](CCCCC4(C(N)=O)OC(OC)C(O)C(O)C4O)NC(=O)[C@@H](N)C(C)C)cc3)OC(=O)[C@H](CC(C)C)OC(=O)C(C)(C)CNC2=O)cc1Cl. The van der Waals surface area contributed by atoms with Crippen molar-refractivity contribution in [3.05, 3.63) is 76.3 Å². The first kappa shape index (κ1) is 63.1. The average Bonchev–Trinajstić information content (AvgIpc) is 4.22. The number of aliphatic hydroxyl groups is 3. The molecule has 3 heterocycles.